The van der Waals surface area contributed by atoms with Gasteiger partial charge in [-0.05, 0) is 31.7 Å². The molecule has 1 aliphatic carbocycles. The molecule has 0 atom stereocenters. The molecule has 3 heterocycles. The van der Waals surface area contributed by atoms with Crippen LogP contribution in [-0.4, -0.2) is 10.4 Å². The predicted octanol–water partition coefficient (Wildman–Crippen LogP) is 6.41. The number of aryl methyl sites for hydroxylation is 3. The third-order valence-electron chi connectivity index (χ3n) is 5.19. The number of carbonyl (C=O) groups is 1. The quantitative estimate of drug-likeness (QED) is 0.471. The molecule has 29 heavy (non-hydrogen) atoms. The van der Waals surface area contributed by atoms with Crippen molar-refractivity contribution in [2.75, 3.05) is 0 Å². The molecule has 2 aromatic heterocycles. The van der Waals surface area contributed by atoms with E-state index in [9.17, 15) is 9.59 Å². The van der Waals surface area contributed by atoms with Crippen molar-refractivity contribution >= 4 is 16.8 Å². The molecule has 0 bridgehead atoms. The number of hydrogen-bond acceptors (Lipinski definition) is 3. The molecule has 156 valence electrons. The summed E-state index contributed by atoms with van der Waals surface area (Å²) in [5.41, 5.74) is 4.07. The molecule has 5 rings (SSSR count). The lowest BCUT2D eigenvalue weighted by Gasteiger charge is -2.19. The average molecular weight is 396 g/mol. The van der Waals surface area contributed by atoms with Crippen molar-refractivity contribution in [1.82, 2.24) is 4.57 Å². The molecule has 1 fully saturated rings. The van der Waals surface area contributed by atoms with Crippen molar-refractivity contribution in [2.24, 2.45) is 5.92 Å². The van der Waals surface area contributed by atoms with Crippen LogP contribution in [-0.2, 0) is 13.0 Å². The van der Waals surface area contributed by atoms with Gasteiger partial charge in [0.1, 0.15) is 5.58 Å². The van der Waals surface area contributed by atoms with E-state index in [0.717, 1.165) is 59.4 Å². The number of rotatable bonds is 2. The normalized spacial score (nSPS) is 14.1. The Hall–Kier alpha value is -2.62. The molecule has 0 amide bonds. The molecule has 0 saturated heterocycles. The summed E-state index contributed by atoms with van der Waals surface area (Å²) in [4.78, 5) is 24.8. The van der Waals surface area contributed by atoms with E-state index in [0.29, 0.717) is 5.56 Å². The second kappa shape index (κ2) is 8.81. The molecule has 4 nitrogen and oxygen atoms in total. The Bertz CT molecular complexity index is 1090. The van der Waals surface area contributed by atoms with Crippen LogP contribution in [0.4, 0.5) is 0 Å². The molecule has 0 N–H and O–H groups in total. The zero-order chi connectivity index (χ0) is 21.1. The first kappa shape index (κ1) is 21.1. The number of ketones is 1. The highest BCUT2D eigenvalue weighted by Crippen LogP contribution is 2.38. The van der Waals surface area contributed by atoms with Crippen LogP contribution in [0.1, 0.15) is 69.9 Å². The van der Waals surface area contributed by atoms with Crippen LogP contribution in [0.3, 0.4) is 0 Å². The third kappa shape index (κ3) is 3.93. The van der Waals surface area contributed by atoms with Crippen molar-refractivity contribution in [2.45, 2.75) is 66.8 Å². The summed E-state index contributed by atoms with van der Waals surface area (Å²) in [5, 5.41) is 1.13. The van der Waals surface area contributed by atoms with Gasteiger partial charge in [0.25, 0.3) is 0 Å². The highest BCUT2D eigenvalue weighted by Gasteiger charge is 2.33. The van der Waals surface area contributed by atoms with Gasteiger partial charge in [-0.25, -0.2) is 0 Å². The Morgan fingerprint density at radius 2 is 1.93 bits per heavy atom. The maximum Gasteiger partial charge on any atom is 0.193 e. The summed E-state index contributed by atoms with van der Waals surface area (Å²) in [5.74, 6) is 0.832. The van der Waals surface area contributed by atoms with E-state index in [2.05, 4.69) is 19.9 Å². The van der Waals surface area contributed by atoms with Crippen molar-refractivity contribution in [3.8, 4) is 11.5 Å². The zero-order valence-corrected chi connectivity index (χ0v) is 18.2. The van der Waals surface area contributed by atoms with Crippen LogP contribution in [0, 0.1) is 12.8 Å². The van der Waals surface area contributed by atoms with Gasteiger partial charge in [0.15, 0.2) is 17.0 Å². The Morgan fingerprint density at radius 1 is 1.24 bits per heavy atom. The SMILES string of the molecule is CC.CCC.Cc1cccc2c3c(oc12)-c1cc(=O)c(C(=O)C2CC2)cn1CC3.[HH]. The van der Waals surface area contributed by atoms with E-state index in [4.69, 9.17) is 4.42 Å². The minimum atomic E-state index is -0.192. The largest absolute Gasteiger partial charge is 0.454 e. The fraction of sp³-hybridized carbons (Fsp3) is 0.440. The Morgan fingerprint density at radius 3 is 2.59 bits per heavy atom. The van der Waals surface area contributed by atoms with Crippen LogP contribution in [0.5, 0.6) is 0 Å². The summed E-state index contributed by atoms with van der Waals surface area (Å²) >= 11 is 0. The molecule has 1 aromatic carbocycles. The van der Waals surface area contributed by atoms with Crippen molar-refractivity contribution in [3.63, 3.8) is 0 Å². The smallest absolute Gasteiger partial charge is 0.193 e. The van der Waals surface area contributed by atoms with Gasteiger partial charge in [0.05, 0.1) is 11.3 Å². The number of Topliss-reactive ketones (excluding diaryl/α,β-unsaturated/α-hetero) is 1. The van der Waals surface area contributed by atoms with Crippen LogP contribution >= 0.6 is 0 Å². The van der Waals surface area contributed by atoms with E-state index in [1.165, 1.54) is 6.42 Å². The zero-order valence-electron chi connectivity index (χ0n) is 18.2. The second-order valence-electron chi connectivity index (χ2n) is 7.59. The summed E-state index contributed by atoms with van der Waals surface area (Å²) in [7, 11) is 0. The number of furan rings is 1. The first-order valence-electron chi connectivity index (χ1n) is 10.8. The van der Waals surface area contributed by atoms with Gasteiger partial charge in [-0.15, -0.1) is 0 Å². The number of hydrogen-bond donors (Lipinski definition) is 0. The fourth-order valence-corrected chi connectivity index (χ4v) is 3.70. The minimum Gasteiger partial charge on any atom is -0.454 e. The van der Waals surface area contributed by atoms with Crippen molar-refractivity contribution in [3.05, 3.63) is 57.4 Å². The predicted molar refractivity (Wildman–Crippen MR) is 121 cm³/mol. The maximum atomic E-state index is 12.5. The van der Waals surface area contributed by atoms with Crippen molar-refractivity contribution in [1.29, 1.82) is 0 Å². The molecule has 0 spiro atoms. The number of benzene rings is 1. The summed E-state index contributed by atoms with van der Waals surface area (Å²) < 4.78 is 8.12. The standard InChI is InChI=1S/C20H17NO3.C3H8.C2H6.H2/c1-11-3-2-4-13-14-7-8-21-10-15(18(23)12-5-6-12)17(22)9-16(21)20(14)24-19(11)13;1-3-2;1-2;/h2-4,9-10,12H,5-8H2,1H3;3H2,1-2H3;1-2H3;1H. The first-order valence-corrected chi connectivity index (χ1v) is 10.8. The number of pyridine rings is 1. The summed E-state index contributed by atoms with van der Waals surface area (Å²) in [6, 6.07) is 7.71. The lowest BCUT2D eigenvalue weighted by molar-refractivity contribution is 0.0966. The Balaban J connectivity index is 0.000000494. The molecule has 1 aliphatic heterocycles. The number of para-hydroxylation sites is 1. The Kier molecular flexibility index (Phi) is 6.41. The van der Waals surface area contributed by atoms with Gasteiger partial charge in [0, 0.05) is 37.1 Å². The van der Waals surface area contributed by atoms with Crippen molar-refractivity contribution < 1.29 is 10.6 Å². The second-order valence-corrected chi connectivity index (χ2v) is 7.59. The van der Waals surface area contributed by atoms with E-state index in [1.807, 2.05) is 37.5 Å². The first-order chi connectivity index (χ1) is 14.0. The number of aromatic nitrogens is 1. The lowest BCUT2D eigenvalue weighted by atomic mass is 9.99. The summed E-state index contributed by atoms with van der Waals surface area (Å²) in [6.45, 7) is 11.0. The lowest BCUT2D eigenvalue weighted by Crippen LogP contribution is -2.22. The van der Waals surface area contributed by atoms with Gasteiger partial charge < -0.3 is 8.98 Å². The molecular formula is C25H33NO3. The number of fused-ring (bicyclic) bond motifs is 5. The van der Waals surface area contributed by atoms with Crippen LogP contribution in [0.25, 0.3) is 22.4 Å². The van der Waals surface area contributed by atoms with Gasteiger partial charge in [-0.1, -0.05) is 52.3 Å². The van der Waals surface area contributed by atoms with E-state index in [-0.39, 0.29) is 18.6 Å². The van der Waals surface area contributed by atoms with E-state index in [1.54, 1.807) is 12.3 Å². The van der Waals surface area contributed by atoms with Crippen LogP contribution in [0.2, 0.25) is 0 Å². The monoisotopic (exact) mass is 395 g/mol. The Labute approximate surface area is 174 Å². The summed E-state index contributed by atoms with van der Waals surface area (Å²) in [6.07, 6.45) is 5.65. The molecule has 2 aliphatic rings. The van der Waals surface area contributed by atoms with Gasteiger partial charge in [-0.2, -0.15) is 0 Å². The van der Waals surface area contributed by atoms with Crippen LogP contribution in [0.15, 0.2) is 39.7 Å². The maximum absolute atomic E-state index is 12.5. The van der Waals surface area contributed by atoms with E-state index >= 15 is 0 Å². The van der Waals surface area contributed by atoms with Gasteiger partial charge >= 0.3 is 0 Å². The highest BCUT2D eigenvalue weighted by molar-refractivity contribution is 5.99. The van der Waals surface area contributed by atoms with E-state index < -0.39 is 0 Å². The molecule has 4 heteroatoms. The van der Waals surface area contributed by atoms with Crippen LogP contribution < -0.4 is 5.43 Å². The topological polar surface area (TPSA) is 52.2 Å². The molecule has 1 saturated carbocycles. The molecule has 3 aromatic rings. The number of carbonyl (C=O) groups excluding carboxylic acids is 1. The molecular weight excluding hydrogens is 362 g/mol. The average Bonchev–Trinajstić information content (AvgIpc) is 3.50. The highest BCUT2D eigenvalue weighted by atomic mass is 16.3. The molecule has 0 radical (unpaired) electrons. The van der Waals surface area contributed by atoms with Gasteiger partial charge in [0.2, 0.25) is 0 Å². The third-order valence-corrected chi connectivity index (χ3v) is 5.19. The molecule has 0 unspecified atom stereocenters. The fourth-order valence-electron chi connectivity index (χ4n) is 3.70. The van der Waals surface area contributed by atoms with Gasteiger partial charge in [-0.3, -0.25) is 9.59 Å². The minimum absolute atomic E-state index is 0. The number of nitrogens with zero attached hydrogens (tertiary/aromatic N) is 1.